The summed E-state index contributed by atoms with van der Waals surface area (Å²) in [7, 11) is 0. The van der Waals surface area contributed by atoms with Crippen molar-refractivity contribution >= 4 is 11.9 Å². The predicted molar refractivity (Wildman–Crippen MR) is 106 cm³/mol. The third-order valence-electron chi connectivity index (χ3n) is 5.65. The monoisotopic (exact) mass is 332 g/mol. The van der Waals surface area contributed by atoms with Gasteiger partial charge in [0.2, 0.25) is 0 Å². The van der Waals surface area contributed by atoms with E-state index in [1.807, 2.05) is 49.4 Å². The van der Waals surface area contributed by atoms with Gasteiger partial charge in [0.15, 0.2) is 5.78 Å². The van der Waals surface area contributed by atoms with Crippen LogP contribution in [0.5, 0.6) is 0 Å². The normalized spacial score (nSPS) is 18.1. The van der Waals surface area contributed by atoms with Crippen LogP contribution in [0.25, 0.3) is 6.08 Å². The smallest absolute Gasteiger partial charge is 0.193 e. The van der Waals surface area contributed by atoms with E-state index < -0.39 is 0 Å². The molecule has 0 unspecified atom stereocenters. The van der Waals surface area contributed by atoms with Crippen LogP contribution in [0.2, 0.25) is 0 Å². The molecule has 2 aromatic carbocycles. The highest BCUT2D eigenvalue weighted by Crippen LogP contribution is 2.46. The Bertz CT molecular complexity index is 820. The third kappa shape index (κ3) is 3.33. The Labute approximate surface area is 151 Å². The molecule has 1 aliphatic rings. The molecule has 0 heterocycles. The van der Waals surface area contributed by atoms with Gasteiger partial charge in [0.1, 0.15) is 0 Å². The van der Waals surface area contributed by atoms with Gasteiger partial charge in [-0.2, -0.15) is 0 Å². The average molecular weight is 332 g/mol. The topological polar surface area (TPSA) is 17.1 Å². The Hall–Kier alpha value is -2.15. The maximum atomic E-state index is 13.0. The number of fused-ring (bicyclic) bond motifs is 1. The molecule has 0 N–H and O–H groups in total. The van der Waals surface area contributed by atoms with Gasteiger partial charge in [-0.05, 0) is 53.4 Å². The molecule has 130 valence electrons. The van der Waals surface area contributed by atoms with E-state index in [1.165, 1.54) is 17.5 Å². The van der Waals surface area contributed by atoms with Gasteiger partial charge in [-0.1, -0.05) is 76.2 Å². The van der Waals surface area contributed by atoms with Crippen molar-refractivity contribution in [3.63, 3.8) is 0 Å². The number of carbonyl (C=O) groups is 1. The molecule has 0 saturated carbocycles. The highest BCUT2D eigenvalue weighted by Gasteiger charge is 2.37. The van der Waals surface area contributed by atoms with Crippen LogP contribution in [0.3, 0.4) is 0 Å². The molecule has 1 heteroatoms. The molecule has 2 aromatic rings. The summed E-state index contributed by atoms with van der Waals surface area (Å²) in [6.45, 7) is 11.2. The number of carbonyl (C=O) groups excluding carboxylic acids is 1. The zero-order chi connectivity index (χ0) is 18.2. The molecule has 0 bridgehead atoms. The van der Waals surface area contributed by atoms with Crippen molar-refractivity contribution in [3.05, 3.63) is 76.4 Å². The molecule has 25 heavy (non-hydrogen) atoms. The van der Waals surface area contributed by atoms with E-state index in [9.17, 15) is 4.79 Å². The van der Waals surface area contributed by atoms with Crippen molar-refractivity contribution in [1.82, 2.24) is 0 Å². The number of ketones is 1. The maximum absolute atomic E-state index is 13.0. The molecule has 0 radical (unpaired) electrons. The average Bonchev–Trinajstić information content (AvgIpc) is 2.59. The maximum Gasteiger partial charge on any atom is 0.193 e. The van der Waals surface area contributed by atoms with Crippen molar-refractivity contribution in [2.24, 2.45) is 0 Å². The molecule has 0 aliphatic heterocycles. The van der Waals surface area contributed by atoms with E-state index >= 15 is 0 Å². The minimum Gasteiger partial charge on any atom is -0.289 e. The first-order valence-electron chi connectivity index (χ1n) is 9.17. The van der Waals surface area contributed by atoms with Gasteiger partial charge in [0, 0.05) is 11.1 Å². The van der Waals surface area contributed by atoms with Crippen molar-refractivity contribution in [1.29, 1.82) is 0 Å². The molecule has 0 aromatic heterocycles. The first-order valence-corrected chi connectivity index (χ1v) is 9.17. The lowest BCUT2D eigenvalue weighted by Gasteiger charge is -2.42. The first-order chi connectivity index (χ1) is 11.7. The third-order valence-corrected chi connectivity index (χ3v) is 5.65. The Balaban J connectivity index is 2.00. The second kappa shape index (κ2) is 6.29. The Morgan fingerprint density at radius 1 is 0.840 bits per heavy atom. The summed E-state index contributed by atoms with van der Waals surface area (Å²) in [6.07, 6.45) is 6.39. The molecule has 1 aliphatic carbocycles. The zero-order valence-electron chi connectivity index (χ0n) is 16.0. The van der Waals surface area contributed by atoms with Crippen molar-refractivity contribution in [2.75, 3.05) is 0 Å². The largest absolute Gasteiger partial charge is 0.289 e. The van der Waals surface area contributed by atoms with Gasteiger partial charge >= 0.3 is 0 Å². The predicted octanol–water partition coefficient (Wildman–Crippen LogP) is 6.30. The Kier molecular flexibility index (Phi) is 4.45. The second-order valence-electron chi connectivity index (χ2n) is 8.48. The fraction of sp³-hybridized carbons (Fsp3) is 0.375. The van der Waals surface area contributed by atoms with Gasteiger partial charge in [-0.25, -0.2) is 0 Å². The summed E-state index contributed by atoms with van der Waals surface area (Å²) in [5.74, 6) is 0.106. The quantitative estimate of drug-likeness (QED) is 0.603. The lowest BCUT2D eigenvalue weighted by Crippen LogP contribution is -2.34. The van der Waals surface area contributed by atoms with Crippen molar-refractivity contribution in [2.45, 2.75) is 58.3 Å². The number of hydrogen-bond acceptors (Lipinski definition) is 1. The van der Waals surface area contributed by atoms with Crippen molar-refractivity contribution in [3.8, 4) is 0 Å². The van der Waals surface area contributed by atoms with Gasteiger partial charge in [-0.15, -0.1) is 0 Å². The number of allylic oxidation sites excluding steroid dienone is 1. The highest BCUT2D eigenvalue weighted by molar-refractivity contribution is 6.09. The molecule has 0 atom stereocenters. The van der Waals surface area contributed by atoms with E-state index in [0.717, 1.165) is 23.1 Å². The minimum absolute atomic E-state index is 0.106. The van der Waals surface area contributed by atoms with Gasteiger partial charge in [0.25, 0.3) is 0 Å². The molecular formula is C24H28O. The second-order valence-corrected chi connectivity index (χ2v) is 8.48. The lowest BCUT2D eigenvalue weighted by atomic mass is 9.63. The summed E-state index contributed by atoms with van der Waals surface area (Å²) in [5, 5.41) is 0. The van der Waals surface area contributed by atoms with Crippen LogP contribution in [0.1, 0.15) is 80.1 Å². The fourth-order valence-corrected chi connectivity index (χ4v) is 3.83. The Morgan fingerprint density at radius 2 is 1.40 bits per heavy atom. The Morgan fingerprint density at radius 3 is 2.00 bits per heavy atom. The fourth-order valence-electron chi connectivity index (χ4n) is 3.83. The van der Waals surface area contributed by atoms with Crippen LogP contribution >= 0.6 is 0 Å². The standard InChI is InChI=1S/C24H28O/c1-6-7-17-8-10-18(11-9-17)22(25)19-12-13-20-21(16-19)24(4,5)15-14-23(20,2)3/h6-13,16H,14-15H2,1-5H3/b7-6+. The van der Waals surface area contributed by atoms with E-state index in [0.29, 0.717) is 0 Å². The molecule has 3 rings (SSSR count). The van der Waals surface area contributed by atoms with E-state index in [4.69, 9.17) is 0 Å². The van der Waals surface area contributed by atoms with Crippen LogP contribution in [0.4, 0.5) is 0 Å². The molecule has 0 spiro atoms. The van der Waals surface area contributed by atoms with Crippen molar-refractivity contribution < 1.29 is 4.79 Å². The van der Waals surface area contributed by atoms with Crippen LogP contribution < -0.4 is 0 Å². The number of rotatable bonds is 3. The van der Waals surface area contributed by atoms with E-state index in [2.05, 4.69) is 39.8 Å². The summed E-state index contributed by atoms with van der Waals surface area (Å²) in [5.41, 5.74) is 5.69. The zero-order valence-corrected chi connectivity index (χ0v) is 16.0. The van der Waals surface area contributed by atoms with Crippen LogP contribution in [-0.2, 0) is 10.8 Å². The number of benzene rings is 2. The first kappa shape index (κ1) is 17.7. The summed E-state index contributed by atoms with van der Waals surface area (Å²) >= 11 is 0. The van der Waals surface area contributed by atoms with Crippen LogP contribution in [0.15, 0.2) is 48.5 Å². The summed E-state index contributed by atoms with van der Waals surface area (Å²) < 4.78 is 0. The molecular weight excluding hydrogens is 304 g/mol. The molecule has 0 fully saturated rings. The van der Waals surface area contributed by atoms with Crippen LogP contribution in [0, 0.1) is 0 Å². The molecule has 0 amide bonds. The summed E-state index contributed by atoms with van der Waals surface area (Å²) in [6, 6.07) is 14.2. The molecule has 0 saturated heterocycles. The lowest BCUT2D eigenvalue weighted by molar-refractivity contribution is 0.103. The van der Waals surface area contributed by atoms with Crippen LogP contribution in [-0.4, -0.2) is 5.78 Å². The number of hydrogen-bond donors (Lipinski definition) is 0. The summed E-state index contributed by atoms with van der Waals surface area (Å²) in [4.78, 5) is 13.0. The molecule has 1 nitrogen and oxygen atoms in total. The van der Waals surface area contributed by atoms with Gasteiger partial charge < -0.3 is 0 Å². The van der Waals surface area contributed by atoms with E-state index in [-0.39, 0.29) is 16.6 Å². The van der Waals surface area contributed by atoms with Gasteiger partial charge in [0.05, 0.1) is 0 Å². The SMILES string of the molecule is C/C=C/c1ccc(C(=O)c2ccc3c(c2)C(C)(C)CCC3(C)C)cc1. The minimum atomic E-state index is 0.106. The van der Waals surface area contributed by atoms with E-state index in [1.54, 1.807) is 0 Å². The highest BCUT2D eigenvalue weighted by atomic mass is 16.1. The van der Waals surface area contributed by atoms with Gasteiger partial charge in [-0.3, -0.25) is 4.79 Å².